The Kier molecular flexibility index (Phi) is 5.64. The predicted octanol–water partition coefficient (Wildman–Crippen LogP) is 1.37. The third kappa shape index (κ3) is 5.11. The summed E-state index contributed by atoms with van der Waals surface area (Å²) in [5.41, 5.74) is 0. The summed E-state index contributed by atoms with van der Waals surface area (Å²) < 4.78 is 0. The van der Waals surface area contributed by atoms with E-state index in [2.05, 4.69) is 29.4 Å². The van der Waals surface area contributed by atoms with Crippen LogP contribution in [-0.2, 0) is 4.79 Å². The number of carbonyl (C=O) groups excluding carboxylic acids is 1. The van der Waals surface area contributed by atoms with E-state index < -0.39 is 0 Å². The molecule has 2 unspecified atom stereocenters. The normalized spacial score (nSPS) is 25.3. The average molecular weight is 267 g/mol. The summed E-state index contributed by atoms with van der Waals surface area (Å²) >= 11 is 0. The van der Waals surface area contributed by atoms with Crippen LogP contribution in [-0.4, -0.2) is 49.1 Å². The Morgan fingerprint density at radius 3 is 2.79 bits per heavy atom. The van der Waals surface area contributed by atoms with Gasteiger partial charge in [-0.3, -0.25) is 9.69 Å². The van der Waals surface area contributed by atoms with Crippen LogP contribution in [0.3, 0.4) is 0 Å². The molecule has 19 heavy (non-hydrogen) atoms. The first-order valence-electron chi connectivity index (χ1n) is 7.93. The van der Waals surface area contributed by atoms with Crippen molar-refractivity contribution in [2.75, 3.05) is 26.2 Å². The van der Waals surface area contributed by atoms with E-state index >= 15 is 0 Å². The lowest BCUT2D eigenvalue weighted by Crippen LogP contribution is -2.45. The Morgan fingerprint density at radius 2 is 2.21 bits per heavy atom. The van der Waals surface area contributed by atoms with Crippen LogP contribution in [0, 0.1) is 5.92 Å². The van der Waals surface area contributed by atoms with Gasteiger partial charge in [0.25, 0.3) is 0 Å². The molecule has 0 radical (unpaired) electrons. The molecule has 110 valence electrons. The number of hydrogen-bond acceptors (Lipinski definition) is 3. The van der Waals surface area contributed by atoms with Crippen molar-refractivity contribution in [3.63, 3.8) is 0 Å². The van der Waals surface area contributed by atoms with E-state index in [0.717, 1.165) is 32.0 Å². The molecular weight excluding hydrogens is 238 g/mol. The highest BCUT2D eigenvalue weighted by molar-refractivity contribution is 5.78. The minimum absolute atomic E-state index is 0.199. The van der Waals surface area contributed by atoms with Gasteiger partial charge in [-0.25, -0.2) is 0 Å². The second-order valence-corrected chi connectivity index (χ2v) is 6.25. The van der Waals surface area contributed by atoms with Gasteiger partial charge in [-0.15, -0.1) is 0 Å². The largest absolute Gasteiger partial charge is 0.353 e. The van der Waals surface area contributed by atoms with Gasteiger partial charge in [0.2, 0.25) is 5.91 Å². The first kappa shape index (κ1) is 14.8. The summed E-state index contributed by atoms with van der Waals surface area (Å²) in [7, 11) is 0. The molecule has 0 aromatic carbocycles. The zero-order valence-electron chi connectivity index (χ0n) is 12.5. The van der Waals surface area contributed by atoms with Gasteiger partial charge in [0.1, 0.15) is 0 Å². The summed E-state index contributed by atoms with van der Waals surface area (Å²) in [6.07, 6.45) is 6.14. The van der Waals surface area contributed by atoms with Crippen molar-refractivity contribution in [1.29, 1.82) is 0 Å². The van der Waals surface area contributed by atoms with Gasteiger partial charge in [-0.1, -0.05) is 6.92 Å². The van der Waals surface area contributed by atoms with Crippen molar-refractivity contribution in [2.24, 2.45) is 5.92 Å². The number of nitrogens with one attached hydrogen (secondary N) is 2. The van der Waals surface area contributed by atoms with Crippen LogP contribution in [0.15, 0.2) is 0 Å². The third-order valence-corrected chi connectivity index (χ3v) is 4.32. The maximum absolute atomic E-state index is 12.0. The minimum atomic E-state index is 0.199. The predicted molar refractivity (Wildman–Crippen MR) is 78.1 cm³/mol. The number of piperidine rings is 1. The molecule has 0 bridgehead atoms. The molecule has 4 heteroatoms. The molecule has 2 aliphatic rings. The summed E-state index contributed by atoms with van der Waals surface area (Å²) in [5.74, 6) is 0.927. The highest BCUT2D eigenvalue weighted by atomic mass is 16.2. The van der Waals surface area contributed by atoms with Crippen molar-refractivity contribution >= 4 is 5.91 Å². The van der Waals surface area contributed by atoms with Crippen molar-refractivity contribution in [2.45, 2.75) is 58.0 Å². The Labute approximate surface area is 117 Å². The van der Waals surface area contributed by atoms with Gasteiger partial charge in [-0.05, 0) is 58.0 Å². The van der Waals surface area contributed by atoms with Gasteiger partial charge >= 0.3 is 0 Å². The number of amides is 1. The zero-order chi connectivity index (χ0) is 13.7. The average Bonchev–Trinajstić information content (AvgIpc) is 3.23. The van der Waals surface area contributed by atoms with Crippen molar-refractivity contribution in [3.8, 4) is 0 Å². The molecule has 0 aromatic heterocycles. The van der Waals surface area contributed by atoms with Gasteiger partial charge in [0.05, 0.1) is 6.54 Å². The van der Waals surface area contributed by atoms with Gasteiger partial charge < -0.3 is 10.6 Å². The number of hydrogen-bond donors (Lipinski definition) is 2. The van der Waals surface area contributed by atoms with Crippen molar-refractivity contribution in [3.05, 3.63) is 0 Å². The lowest BCUT2D eigenvalue weighted by molar-refractivity contribution is -0.123. The number of carbonyl (C=O) groups is 1. The molecule has 2 N–H and O–H groups in total. The van der Waals surface area contributed by atoms with Crippen LogP contribution < -0.4 is 10.6 Å². The third-order valence-electron chi connectivity index (χ3n) is 4.32. The molecule has 0 aromatic rings. The zero-order valence-corrected chi connectivity index (χ0v) is 12.5. The summed E-state index contributed by atoms with van der Waals surface area (Å²) in [6.45, 7) is 8.14. The molecule has 0 spiro atoms. The summed E-state index contributed by atoms with van der Waals surface area (Å²) in [6, 6.07) is 0.967. The molecule has 1 saturated carbocycles. The molecule has 2 fully saturated rings. The van der Waals surface area contributed by atoms with E-state index in [0.29, 0.717) is 18.6 Å². The van der Waals surface area contributed by atoms with Crippen LogP contribution in [0.2, 0.25) is 0 Å². The van der Waals surface area contributed by atoms with E-state index in [1.165, 1.54) is 25.7 Å². The molecule has 4 nitrogen and oxygen atoms in total. The van der Waals surface area contributed by atoms with Gasteiger partial charge in [0, 0.05) is 18.6 Å². The van der Waals surface area contributed by atoms with Crippen LogP contribution in [0.4, 0.5) is 0 Å². The molecule has 1 aliphatic heterocycles. The second kappa shape index (κ2) is 7.25. The highest BCUT2D eigenvalue weighted by Gasteiger charge is 2.32. The lowest BCUT2D eigenvalue weighted by Gasteiger charge is -2.30. The first-order valence-corrected chi connectivity index (χ1v) is 7.93. The van der Waals surface area contributed by atoms with Crippen molar-refractivity contribution < 1.29 is 4.79 Å². The van der Waals surface area contributed by atoms with Crippen LogP contribution >= 0.6 is 0 Å². The first-order chi connectivity index (χ1) is 9.19. The Balaban J connectivity index is 1.77. The van der Waals surface area contributed by atoms with Crippen LogP contribution in [0.25, 0.3) is 0 Å². The van der Waals surface area contributed by atoms with Crippen LogP contribution in [0.1, 0.15) is 46.0 Å². The van der Waals surface area contributed by atoms with Gasteiger partial charge in [0.15, 0.2) is 0 Å². The highest BCUT2D eigenvalue weighted by Crippen LogP contribution is 2.28. The molecule has 1 aliphatic carbocycles. The number of rotatable bonds is 7. The number of nitrogens with zero attached hydrogens (tertiary/aromatic N) is 1. The smallest absolute Gasteiger partial charge is 0.234 e. The van der Waals surface area contributed by atoms with E-state index in [1.807, 2.05) is 0 Å². The Bertz CT molecular complexity index is 285. The standard InChI is InChI=1S/C15H29N3O/c1-3-12(2)17-15(19)11-18(14-6-7-14)10-13-5-4-8-16-9-13/h12-14,16H,3-11H2,1-2H3,(H,17,19). The van der Waals surface area contributed by atoms with E-state index in [4.69, 9.17) is 0 Å². The fourth-order valence-electron chi connectivity index (χ4n) is 2.80. The molecule has 2 rings (SSSR count). The Morgan fingerprint density at radius 1 is 1.42 bits per heavy atom. The van der Waals surface area contributed by atoms with Crippen LogP contribution in [0.5, 0.6) is 0 Å². The molecule has 1 heterocycles. The summed E-state index contributed by atoms with van der Waals surface area (Å²) in [4.78, 5) is 14.4. The quantitative estimate of drug-likeness (QED) is 0.732. The molecule has 1 amide bonds. The maximum Gasteiger partial charge on any atom is 0.234 e. The topological polar surface area (TPSA) is 44.4 Å². The monoisotopic (exact) mass is 267 g/mol. The fraction of sp³-hybridized carbons (Fsp3) is 0.933. The minimum Gasteiger partial charge on any atom is -0.353 e. The van der Waals surface area contributed by atoms with E-state index in [9.17, 15) is 4.79 Å². The SMILES string of the molecule is CCC(C)NC(=O)CN(CC1CCCNC1)C1CC1. The lowest BCUT2D eigenvalue weighted by atomic mass is 9.99. The van der Waals surface area contributed by atoms with Gasteiger partial charge in [-0.2, -0.15) is 0 Å². The molecular formula is C15H29N3O. The molecule has 1 saturated heterocycles. The second-order valence-electron chi connectivity index (χ2n) is 6.25. The maximum atomic E-state index is 12.0. The molecule has 2 atom stereocenters. The Hall–Kier alpha value is -0.610. The van der Waals surface area contributed by atoms with Crippen molar-refractivity contribution in [1.82, 2.24) is 15.5 Å². The fourth-order valence-corrected chi connectivity index (χ4v) is 2.80. The summed E-state index contributed by atoms with van der Waals surface area (Å²) in [5, 5.41) is 6.55. The van der Waals surface area contributed by atoms with E-state index in [1.54, 1.807) is 0 Å². The van der Waals surface area contributed by atoms with E-state index in [-0.39, 0.29) is 5.91 Å².